The van der Waals surface area contributed by atoms with Crippen LogP contribution >= 0.6 is 0 Å². The second-order valence-electron chi connectivity index (χ2n) is 4.68. The van der Waals surface area contributed by atoms with Gasteiger partial charge in [-0.2, -0.15) is 0 Å². The molecule has 3 N–H and O–H groups in total. The molecule has 3 aliphatic rings. The summed E-state index contributed by atoms with van der Waals surface area (Å²) in [4.78, 5) is 17.3. The Labute approximate surface area is 100 Å². The highest BCUT2D eigenvalue weighted by molar-refractivity contribution is 5.81. The van der Waals surface area contributed by atoms with E-state index in [9.17, 15) is 4.79 Å². The van der Waals surface area contributed by atoms with E-state index in [-0.39, 0.29) is 6.03 Å². The van der Waals surface area contributed by atoms with Gasteiger partial charge in [-0.05, 0) is 18.4 Å². The van der Waals surface area contributed by atoms with E-state index in [4.69, 9.17) is 5.73 Å². The van der Waals surface area contributed by atoms with Gasteiger partial charge in [0, 0.05) is 32.4 Å². The number of hydrazine groups is 1. The minimum Gasteiger partial charge on any atom is -0.351 e. The summed E-state index contributed by atoms with van der Waals surface area (Å²) >= 11 is 0. The zero-order valence-electron chi connectivity index (χ0n) is 9.72. The van der Waals surface area contributed by atoms with Crippen LogP contribution in [-0.4, -0.2) is 54.4 Å². The molecule has 1 unspecified atom stereocenters. The molecule has 3 heterocycles. The van der Waals surface area contributed by atoms with Gasteiger partial charge >= 0.3 is 6.03 Å². The lowest BCUT2D eigenvalue weighted by Gasteiger charge is -2.30. The molecule has 3 aliphatic heterocycles. The van der Waals surface area contributed by atoms with Crippen molar-refractivity contribution >= 4 is 12.2 Å². The van der Waals surface area contributed by atoms with Gasteiger partial charge in [-0.1, -0.05) is 0 Å². The Morgan fingerprint density at radius 3 is 3.24 bits per heavy atom. The average Bonchev–Trinajstić information content (AvgIpc) is 2.51. The number of nitrogens with two attached hydrogens (primary N) is 1. The van der Waals surface area contributed by atoms with Crippen molar-refractivity contribution in [3.05, 3.63) is 11.3 Å². The van der Waals surface area contributed by atoms with Gasteiger partial charge in [0.15, 0.2) is 0 Å². The van der Waals surface area contributed by atoms with Crippen LogP contribution in [0.1, 0.15) is 12.8 Å². The summed E-state index contributed by atoms with van der Waals surface area (Å²) in [5.74, 6) is 0. The number of aliphatic imine (C=N–C) groups is 1. The molecular weight excluding hydrogens is 218 g/mol. The molecule has 1 atom stereocenters. The van der Waals surface area contributed by atoms with Crippen molar-refractivity contribution in [1.29, 1.82) is 0 Å². The molecule has 0 radical (unpaired) electrons. The van der Waals surface area contributed by atoms with Crippen LogP contribution in [0.15, 0.2) is 16.3 Å². The van der Waals surface area contributed by atoms with Gasteiger partial charge in [0.25, 0.3) is 0 Å². The average molecular weight is 235 g/mol. The van der Waals surface area contributed by atoms with E-state index in [1.165, 1.54) is 5.57 Å². The zero-order valence-corrected chi connectivity index (χ0v) is 9.72. The maximum atomic E-state index is 11.2. The highest BCUT2D eigenvalue weighted by Gasteiger charge is 2.35. The summed E-state index contributed by atoms with van der Waals surface area (Å²) in [6.07, 6.45) is 3.92. The number of likely N-dealkylation sites (tertiary alicyclic amines) is 1. The van der Waals surface area contributed by atoms with Crippen molar-refractivity contribution in [1.82, 2.24) is 15.3 Å². The fourth-order valence-electron chi connectivity index (χ4n) is 2.68. The number of urea groups is 1. The SMILES string of the molecule is NC(=O)N1CCC2NN3CCCN=CC3=C2C1. The van der Waals surface area contributed by atoms with Crippen molar-refractivity contribution < 1.29 is 4.79 Å². The van der Waals surface area contributed by atoms with E-state index in [2.05, 4.69) is 15.4 Å². The predicted molar refractivity (Wildman–Crippen MR) is 64.4 cm³/mol. The van der Waals surface area contributed by atoms with Crippen molar-refractivity contribution in [2.45, 2.75) is 18.9 Å². The molecule has 3 rings (SSSR count). The number of nitrogens with zero attached hydrogens (tertiary/aromatic N) is 3. The quantitative estimate of drug-likeness (QED) is 0.605. The van der Waals surface area contributed by atoms with Gasteiger partial charge in [-0.25, -0.2) is 10.2 Å². The highest BCUT2D eigenvalue weighted by atomic mass is 16.2. The first kappa shape index (κ1) is 10.6. The largest absolute Gasteiger partial charge is 0.351 e. The number of amides is 2. The van der Waals surface area contributed by atoms with E-state index in [0.717, 1.165) is 38.2 Å². The minimum absolute atomic E-state index is 0.333. The Morgan fingerprint density at radius 2 is 2.41 bits per heavy atom. The number of primary amides is 1. The molecule has 2 amide bonds. The lowest BCUT2D eigenvalue weighted by Crippen LogP contribution is -2.47. The van der Waals surface area contributed by atoms with E-state index in [0.29, 0.717) is 12.6 Å². The smallest absolute Gasteiger partial charge is 0.315 e. The standard InChI is InChI=1S/C11H17N5O/c12-11(17)15-5-2-9-8(7-15)10-6-13-3-1-4-16(10)14-9/h6,9,14H,1-5,7H2,(H2,12,17). The van der Waals surface area contributed by atoms with Gasteiger partial charge in [-0.15, -0.1) is 0 Å². The first-order valence-corrected chi connectivity index (χ1v) is 6.06. The van der Waals surface area contributed by atoms with Crippen molar-refractivity contribution in [2.24, 2.45) is 10.7 Å². The maximum Gasteiger partial charge on any atom is 0.315 e. The number of rotatable bonds is 0. The van der Waals surface area contributed by atoms with Gasteiger partial charge in [0.1, 0.15) is 0 Å². The third-order valence-corrected chi connectivity index (χ3v) is 3.60. The predicted octanol–water partition coefficient (Wildman–Crippen LogP) is -0.312. The second kappa shape index (κ2) is 4.03. The third-order valence-electron chi connectivity index (χ3n) is 3.60. The van der Waals surface area contributed by atoms with Crippen LogP contribution in [0.25, 0.3) is 0 Å². The molecule has 1 fully saturated rings. The molecule has 0 aromatic heterocycles. The van der Waals surface area contributed by atoms with Gasteiger partial charge in [-0.3, -0.25) is 4.99 Å². The van der Waals surface area contributed by atoms with Gasteiger partial charge in [0.2, 0.25) is 0 Å². The number of nitrogens with one attached hydrogen (secondary N) is 1. The number of piperidine rings is 1. The van der Waals surface area contributed by atoms with Crippen LogP contribution < -0.4 is 11.2 Å². The van der Waals surface area contributed by atoms with Crippen LogP contribution in [0.3, 0.4) is 0 Å². The Morgan fingerprint density at radius 1 is 1.53 bits per heavy atom. The maximum absolute atomic E-state index is 11.2. The summed E-state index contributed by atoms with van der Waals surface area (Å²) in [7, 11) is 0. The fraction of sp³-hybridized carbons (Fsp3) is 0.636. The van der Waals surface area contributed by atoms with E-state index in [1.807, 2.05) is 6.21 Å². The fourth-order valence-corrected chi connectivity index (χ4v) is 2.68. The zero-order chi connectivity index (χ0) is 11.8. The normalized spacial score (nSPS) is 27.9. The highest BCUT2D eigenvalue weighted by Crippen LogP contribution is 2.27. The molecule has 6 heteroatoms. The third kappa shape index (κ3) is 1.78. The summed E-state index contributed by atoms with van der Waals surface area (Å²) in [5, 5.41) is 2.17. The summed E-state index contributed by atoms with van der Waals surface area (Å²) < 4.78 is 0. The van der Waals surface area contributed by atoms with E-state index in [1.54, 1.807) is 4.90 Å². The van der Waals surface area contributed by atoms with Crippen LogP contribution in [0.2, 0.25) is 0 Å². The topological polar surface area (TPSA) is 74.0 Å². The number of allylic oxidation sites excluding steroid dienone is 1. The molecule has 17 heavy (non-hydrogen) atoms. The summed E-state index contributed by atoms with van der Waals surface area (Å²) in [6, 6.07) is 0.0192. The Bertz CT molecular complexity index is 403. The van der Waals surface area contributed by atoms with Crippen LogP contribution in [0, 0.1) is 0 Å². The van der Waals surface area contributed by atoms with Crippen LogP contribution in [-0.2, 0) is 0 Å². The van der Waals surface area contributed by atoms with Crippen molar-refractivity contribution in [3.8, 4) is 0 Å². The first-order valence-electron chi connectivity index (χ1n) is 6.06. The van der Waals surface area contributed by atoms with Gasteiger partial charge < -0.3 is 15.6 Å². The molecule has 0 aromatic carbocycles. The molecule has 0 aliphatic carbocycles. The lowest BCUT2D eigenvalue weighted by molar-refractivity contribution is 0.195. The number of carbonyl (C=O) groups is 1. The Balaban J connectivity index is 1.89. The van der Waals surface area contributed by atoms with Crippen molar-refractivity contribution in [3.63, 3.8) is 0 Å². The molecule has 0 aromatic rings. The lowest BCUT2D eigenvalue weighted by atomic mass is 9.99. The molecule has 0 spiro atoms. The Kier molecular flexibility index (Phi) is 2.51. The molecule has 1 saturated heterocycles. The summed E-state index contributed by atoms with van der Waals surface area (Å²) in [6.45, 7) is 3.21. The Hall–Kier alpha value is -1.56. The number of fused-ring (bicyclic) bond motifs is 2. The second-order valence-corrected chi connectivity index (χ2v) is 4.68. The van der Waals surface area contributed by atoms with Gasteiger partial charge in [0.05, 0.1) is 11.7 Å². The number of carbonyl (C=O) groups excluding carboxylic acids is 1. The molecule has 6 nitrogen and oxygen atoms in total. The minimum atomic E-state index is -0.333. The van der Waals surface area contributed by atoms with Crippen LogP contribution in [0.5, 0.6) is 0 Å². The van der Waals surface area contributed by atoms with Crippen LogP contribution in [0.4, 0.5) is 4.79 Å². The number of hydrogen-bond donors (Lipinski definition) is 2. The van der Waals surface area contributed by atoms with E-state index >= 15 is 0 Å². The van der Waals surface area contributed by atoms with Crippen molar-refractivity contribution in [2.75, 3.05) is 26.2 Å². The monoisotopic (exact) mass is 235 g/mol. The number of hydrogen-bond acceptors (Lipinski definition) is 4. The first-order chi connectivity index (χ1) is 8.25. The molecule has 0 bridgehead atoms. The summed E-state index contributed by atoms with van der Waals surface area (Å²) in [5.41, 5.74) is 11.2. The molecular formula is C11H17N5O. The molecule has 0 saturated carbocycles. The molecule has 92 valence electrons. The van der Waals surface area contributed by atoms with E-state index < -0.39 is 0 Å².